The highest BCUT2D eigenvalue weighted by atomic mass is 19.1. The van der Waals surface area contributed by atoms with Crippen LogP contribution in [0, 0.1) is 18.6 Å². The molecule has 11 heteroatoms. The Labute approximate surface area is 175 Å². The van der Waals surface area contributed by atoms with E-state index in [0.29, 0.717) is 23.9 Å². The molecule has 1 fully saturated rings. The molecule has 3 aromatic rings. The van der Waals surface area contributed by atoms with E-state index in [2.05, 4.69) is 20.2 Å². The summed E-state index contributed by atoms with van der Waals surface area (Å²) in [5.41, 5.74) is 0.514. The van der Waals surface area contributed by atoms with Gasteiger partial charge in [-0.05, 0) is 13.0 Å². The van der Waals surface area contributed by atoms with Crippen LogP contribution in [0.5, 0.6) is 5.75 Å². The molecule has 2 aliphatic rings. The summed E-state index contributed by atoms with van der Waals surface area (Å²) in [5.74, 6) is -0.692. The summed E-state index contributed by atoms with van der Waals surface area (Å²) < 4.78 is 40.9. The van der Waals surface area contributed by atoms with Crippen molar-refractivity contribution in [1.29, 1.82) is 0 Å². The van der Waals surface area contributed by atoms with Crippen LogP contribution in [0.15, 0.2) is 24.5 Å². The van der Waals surface area contributed by atoms with Crippen molar-refractivity contribution >= 4 is 5.91 Å². The minimum absolute atomic E-state index is 0.0393. The van der Waals surface area contributed by atoms with E-state index in [1.54, 1.807) is 4.90 Å². The van der Waals surface area contributed by atoms with E-state index in [4.69, 9.17) is 9.47 Å². The van der Waals surface area contributed by atoms with Crippen LogP contribution in [-0.4, -0.2) is 61.9 Å². The van der Waals surface area contributed by atoms with Crippen LogP contribution in [0.4, 0.5) is 8.78 Å². The molecule has 1 saturated heterocycles. The highest BCUT2D eigenvalue weighted by molar-refractivity contribution is 5.95. The van der Waals surface area contributed by atoms with Crippen molar-refractivity contribution in [2.45, 2.75) is 25.6 Å². The second-order valence-corrected chi connectivity index (χ2v) is 7.37. The number of carbonyl (C=O) groups excluding carboxylic acids is 1. The van der Waals surface area contributed by atoms with Crippen LogP contribution >= 0.6 is 0 Å². The van der Waals surface area contributed by atoms with Crippen LogP contribution in [0.25, 0.3) is 11.5 Å². The molecule has 160 valence electrons. The van der Waals surface area contributed by atoms with Crippen molar-refractivity contribution in [3.8, 4) is 17.3 Å². The molecule has 5 heterocycles. The van der Waals surface area contributed by atoms with Crippen LogP contribution in [0.3, 0.4) is 0 Å². The fraction of sp³-hybridized carbons (Fsp3) is 0.350. The summed E-state index contributed by atoms with van der Waals surface area (Å²) in [5, 5.41) is 8.48. The maximum absolute atomic E-state index is 14.6. The predicted molar refractivity (Wildman–Crippen MR) is 102 cm³/mol. The molecule has 2 aliphatic heterocycles. The Kier molecular flexibility index (Phi) is 4.62. The molecule has 0 radical (unpaired) electrons. The first-order chi connectivity index (χ1) is 15.0. The van der Waals surface area contributed by atoms with Gasteiger partial charge in [0.1, 0.15) is 11.7 Å². The van der Waals surface area contributed by atoms with Crippen LogP contribution in [0.1, 0.15) is 27.9 Å². The first kappa shape index (κ1) is 19.5. The Balaban J connectivity index is 1.55. The topological polar surface area (TPSA) is 95.3 Å². The number of rotatable bonds is 3. The van der Waals surface area contributed by atoms with Gasteiger partial charge in [-0.15, -0.1) is 10.2 Å². The number of hydrogen-bond acceptors (Lipinski definition) is 7. The smallest absolute Gasteiger partial charge is 0.258 e. The van der Waals surface area contributed by atoms with E-state index in [9.17, 15) is 13.6 Å². The first-order valence-corrected chi connectivity index (χ1v) is 9.64. The van der Waals surface area contributed by atoms with E-state index in [0.717, 1.165) is 6.20 Å². The summed E-state index contributed by atoms with van der Waals surface area (Å²) in [6, 6.07) is 1.92. The molecule has 0 unspecified atom stereocenters. The maximum Gasteiger partial charge on any atom is 0.258 e. The Morgan fingerprint density at radius 1 is 1.26 bits per heavy atom. The normalized spacial score (nSPS) is 19.8. The number of fused-ring (bicyclic) bond motifs is 4. The largest absolute Gasteiger partial charge is 0.494 e. The number of aryl methyl sites for hydroxylation is 1. The van der Waals surface area contributed by atoms with Gasteiger partial charge in [0.2, 0.25) is 0 Å². The third-order valence-corrected chi connectivity index (χ3v) is 5.58. The van der Waals surface area contributed by atoms with Crippen LogP contribution in [0.2, 0.25) is 0 Å². The molecular weight excluding hydrogens is 410 g/mol. The summed E-state index contributed by atoms with van der Waals surface area (Å²) in [4.78, 5) is 22.9. The number of carbonyl (C=O) groups is 1. The molecule has 1 amide bonds. The SMILES string of the molecule is COc1cc(-c2nnc3n2C[C@@H]2COC[C@H]3N2C(=O)c2ccnc(C)c2F)ncc1F. The second-order valence-electron chi connectivity index (χ2n) is 7.37. The molecule has 9 nitrogen and oxygen atoms in total. The fourth-order valence-corrected chi connectivity index (χ4v) is 4.07. The number of amides is 1. The first-order valence-electron chi connectivity index (χ1n) is 9.64. The van der Waals surface area contributed by atoms with Gasteiger partial charge in [-0.2, -0.15) is 0 Å². The fourth-order valence-electron chi connectivity index (χ4n) is 4.07. The van der Waals surface area contributed by atoms with Gasteiger partial charge < -0.3 is 18.9 Å². The van der Waals surface area contributed by atoms with E-state index < -0.39 is 23.6 Å². The van der Waals surface area contributed by atoms with Gasteiger partial charge in [0.15, 0.2) is 29.0 Å². The highest BCUT2D eigenvalue weighted by Crippen LogP contribution is 2.36. The van der Waals surface area contributed by atoms with Crippen LogP contribution in [-0.2, 0) is 11.3 Å². The zero-order valence-electron chi connectivity index (χ0n) is 16.7. The molecule has 5 rings (SSSR count). The Hall–Kier alpha value is -3.47. The molecule has 31 heavy (non-hydrogen) atoms. The lowest BCUT2D eigenvalue weighted by molar-refractivity contribution is -0.0571. The van der Waals surface area contributed by atoms with Gasteiger partial charge in [-0.1, -0.05) is 0 Å². The minimum atomic E-state index is -0.637. The molecule has 0 saturated carbocycles. The lowest BCUT2D eigenvalue weighted by atomic mass is 10.0. The van der Waals surface area contributed by atoms with E-state index in [1.165, 1.54) is 32.4 Å². The number of aromatic nitrogens is 5. The van der Waals surface area contributed by atoms with E-state index in [1.807, 2.05) is 4.57 Å². The van der Waals surface area contributed by atoms with Crippen LogP contribution < -0.4 is 4.74 Å². The Bertz CT molecular complexity index is 1180. The third-order valence-electron chi connectivity index (χ3n) is 5.58. The van der Waals surface area contributed by atoms with Crippen molar-refractivity contribution in [3.63, 3.8) is 0 Å². The number of pyridine rings is 2. The molecule has 2 atom stereocenters. The van der Waals surface area contributed by atoms with Gasteiger partial charge in [-0.3, -0.25) is 9.78 Å². The highest BCUT2D eigenvalue weighted by Gasteiger charge is 2.44. The predicted octanol–water partition coefficient (Wildman–Crippen LogP) is 1.93. The summed E-state index contributed by atoms with van der Waals surface area (Å²) in [7, 11) is 1.37. The lowest BCUT2D eigenvalue weighted by Gasteiger charge is -2.45. The van der Waals surface area contributed by atoms with Crippen molar-refractivity contribution in [2.24, 2.45) is 0 Å². The molecule has 3 aromatic heterocycles. The third kappa shape index (κ3) is 3.03. The molecule has 2 bridgehead atoms. The van der Waals surface area contributed by atoms with E-state index in [-0.39, 0.29) is 36.3 Å². The van der Waals surface area contributed by atoms with Crippen molar-refractivity contribution in [3.05, 3.63) is 53.2 Å². The number of morpholine rings is 1. The second kappa shape index (κ2) is 7.34. The van der Waals surface area contributed by atoms with Gasteiger partial charge in [0.25, 0.3) is 5.91 Å². The zero-order chi connectivity index (χ0) is 21.7. The summed E-state index contributed by atoms with van der Waals surface area (Å²) >= 11 is 0. The van der Waals surface area contributed by atoms with E-state index >= 15 is 0 Å². The maximum atomic E-state index is 14.6. The van der Waals surface area contributed by atoms with Gasteiger partial charge in [0, 0.05) is 18.8 Å². The number of hydrogen-bond donors (Lipinski definition) is 0. The molecular formula is C20H18F2N6O3. The quantitative estimate of drug-likeness (QED) is 0.629. The molecule has 0 aliphatic carbocycles. The molecule has 0 aromatic carbocycles. The number of methoxy groups -OCH3 is 1. The lowest BCUT2D eigenvalue weighted by Crippen LogP contribution is -2.56. The van der Waals surface area contributed by atoms with Gasteiger partial charge >= 0.3 is 0 Å². The van der Waals surface area contributed by atoms with Gasteiger partial charge in [0.05, 0.1) is 43.8 Å². The van der Waals surface area contributed by atoms with Crippen molar-refractivity contribution < 1.29 is 23.0 Å². The number of nitrogens with zero attached hydrogens (tertiary/aromatic N) is 6. The Morgan fingerprint density at radius 3 is 2.90 bits per heavy atom. The minimum Gasteiger partial charge on any atom is -0.494 e. The monoisotopic (exact) mass is 428 g/mol. The van der Waals surface area contributed by atoms with Crippen molar-refractivity contribution in [2.75, 3.05) is 20.3 Å². The summed E-state index contributed by atoms with van der Waals surface area (Å²) in [6.07, 6.45) is 2.48. The summed E-state index contributed by atoms with van der Waals surface area (Å²) in [6.45, 7) is 2.32. The van der Waals surface area contributed by atoms with Gasteiger partial charge in [-0.25, -0.2) is 13.8 Å². The zero-order valence-corrected chi connectivity index (χ0v) is 16.7. The Morgan fingerprint density at radius 2 is 2.10 bits per heavy atom. The standard InChI is InChI=1S/C20H18F2N6O3/c1-10-17(22)12(3-4-23-10)20(29)28-11-7-27-18(14-5-16(30-2)13(21)6-24-14)25-26-19(27)15(28)9-31-8-11/h3-6,11,15H,7-9H2,1-2H3/t11-,15-/m1/s1. The molecule has 0 spiro atoms. The van der Waals surface area contributed by atoms with Crippen molar-refractivity contribution in [1.82, 2.24) is 29.6 Å². The average Bonchev–Trinajstić information content (AvgIpc) is 3.18. The average molecular weight is 428 g/mol. The molecule has 0 N–H and O–H groups in total. The number of ether oxygens (including phenoxy) is 2. The number of halogens is 2.